The maximum absolute atomic E-state index is 9.22. The molecule has 3 rings (SSSR count). The van der Waals surface area contributed by atoms with E-state index < -0.39 is 0 Å². The smallest absolute Gasteiger partial charge is 0.294 e. The second-order valence-electron chi connectivity index (χ2n) is 5.70. The van der Waals surface area contributed by atoms with Crippen molar-refractivity contribution in [2.45, 2.75) is 38.8 Å². The molecule has 0 aliphatic heterocycles. The molecule has 1 aliphatic carbocycles. The second kappa shape index (κ2) is 7.86. The highest BCUT2D eigenvalue weighted by Gasteiger charge is 2.28. The molecule has 1 heterocycles. The number of aliphatic hydroxyl groups excluding tert-OH is 1. The van der Waals surface area contributed by atoms with E-state index in [0.717, 1.165) is 37.4 Å². The van der Waals surface area contributed by atoms with Gasteiger partial charge in [0.1, 0.15) is 5.01 Å². The Morgan fingerprint density at radius 1 is 1.35 bits per heavy atom. The van der Waals surface area contributed by atoms with Crippen LogP contribution in [0.15, 0.2) is 24.3 Å². The molecular weight excluding hydrogens is 310 g/mol. The third-order valence-corrected chi connectivity index (χ3v) is 5.02. The predicted molar refractivity (Wildman–Crippen MR) is 90.7 cm³/mol. The Kier molecular flexibility index (Phi) is 5.59. The van der Waals surface area contributed by atoms with E-state index >= 15 is 0 Å². The molecule has 1 atom stereocenters. The number of aromatic nitrogens is 2. The van der Waals surface area contributed by atoms with Gasteiger partial charge in [0.25, 0.3) is 5.19 Å². The Morgan fingerprint density at radius 3 is 3.04 bits per heavy atom. The van der Waals surface area contributed by atoms with Gasteiger partial charge in [-0.2, -0.15) is 0 Å². The first kappa shape index (κ1) is 16.4. The van der Waals surface area contributed by atoms with E-state index in [1.54, 1.807) is 0 Å². The van der Waals surface area contributed by atoms with Crippen molar-refractivity contribution >= 4 is 11.3 Å². The maximum Gasteiger partial charge on any atom is 0.294 e. The van der Waals surface area contributed by atoms with Crippen LogP contribution in [0.4, 0.5) is 0 Å². The zero-order chi connectivity index (χ0) is 16.1. The minimum absolute atomic E-state index is 0.213. The fourth-order valence-electron chi connectivity index (χ4n) is 3.19. The van der Waals surface area contributed by atoms with Gasteiger partial charge in [-0.15, -0.1) is 10.2 Å². The average Bonchev–Trinajstić information content (AvgIpc) is 3.18. The quantitative estimate of drug-likeness (QED) is 0.805. The molecule has 1 aromatic carbocycles. The Balaban J connectivity index is 1.75. The summed E-state index contributed by atoms with van der Waals surface area (Å²) in [6.07, 6.45) is 3.02. The first-order valence-electron chi connectivity index (χ1n) is 8.19. The van der Waals surface area contributed by atoms with Crippen LogP contribution in [-0.2, 0) is 13.0 Å². The number of hydrogen-bond donors (Lipinski definition) is 1. The molecule has 0 fully saturated rings. The largest absolute Gasteiger partial charge is 0.469 e. The predicted octanol–water partition coefficient (Wildman–Crippen LogP) is 2.81. The van der Waals surface area contributed by atoms with Crippen LogP contribution in [0, 0.1) is 0 Å². The molecule has 0 saturated heterocycles. The Bertz CT molecular complexity index is 632. The third kappa shape index (κ3) is 3.88. The molecule has 0 radical (unpaired) electrons. The van der Waals surface area contributed by atoms with Crippen LogP contribution < -0.4 is 4.74 Å². The first-order valence-corrected chi connectivity index (χ1v) is 9.01. The summed E-state index contributed by atoms with van der Waals surface area (Å²) in [4.78, 5) is 2.41. The molecule has 2 aromatic rings. The average molecular weight is 333 g/mol. The summed E-state index contributed by atoms with van der Waals surface area (Å²) in [7, 11) is 0. The molecule has 1 aliphatic rings. The highest BCUT2D eigenvalue weighted by Crippen LogP contribution is 2.36. The zero-order valence-corrected chi connectivity index (χ0v) is 14.3. The molecule has 23 heavy (non-hydrogen) atoms. The summed E-state index contributed by atoms with van der Waals surface area (Å²) in [5, 5.41) is 19.2. The standard InChI is InChI=1S/C17H23N3O2S/c1-2-22-17-19-18-16(23-17)12-20(10-5-11-21)15-9-8-13-6-3-4-7-14(13)15/h3-4,6-7,15,21H,2,5,8-12H2,1H3/t15-/m0/s1. The molecule has 0 saturated carbocycles. The highest BCUT2D eigenvalue weighted by molar-refractivity contribution is 7.13. The lowest BCUT2D eigenvalue weighted by Gasteiger charge is -2.28. The SMILES string of the molecule is CCOc1nnc(CN(CCCO)[C@H]2CCc3ccccc32)s1. The molecule has 0 amide bonds. The number of aliphatic hydroxyl groups is 1. The lowest BCUT2D eigenvalue weighted by molar-refractivity contribution is 0.165. The lowest BCUT2D eigenvalue weighted by Crippen LogP contribution is -2.28. The van der Waals surface area contributed by atoms with E-state index in [-0.39, 0.29) is 6.61 Å². The number of benzene rings is 1. The van der Waals surface area contributed by atoms with Crippen LogP contribution in [0.25, 0.3) is 0 Å². The highest BCUT2D eigenvalue weighted by atomic mass is 32.1. The summed E-state index contributed by atoms with van der Waals surface area (Å²) in [6.45, 7) is 4.39. The van der Waals surface area contributed by atoms with Gasteiger partial charge in [-0.05, 0) is 37.3 Å². The zero-order valence-electron chi connectivity index (χ0n) is 13.4. The number of ether oxygens (including phenoxy) is 1. The number of nitrogens with zero attached hydrogens (tertiary/aromatic N) is 3. The van der Waals surface area contributed by atoms with Crippen molar-refractivity contribution in [3.05, 3.63) is 40.4 Å². The van der Waals surface area contributed by atoms with Gasteiger partial charge in [0.15, 0.2) is 0 Å². The number of fused-ring (bicyclic) bond motifs is 1. The number of rotatable bonds is 8. The Hall–Kier alpha value is -1.50. The van der Waals surface area contributed by atoms with Crippen molar-refractivity contribution in [3.8, 4) is 5.19 Å². The van der Waals surface area contributed by atoms with Crippen molar-refractivity contribution < 1.29 is 9.84 Å². The van der Waals surface area contributed by atoms with E-state index in [4.69, 9.17) is 4.74 Å². The van der Waals surface area contributed by atoms with Crippen molar-refractivity contribution in [1.29, 1.82) is 0 Å². The maximum atomic E-state index is 9.22. The van der Waals surface area contributed by atoms with Crippen molar-refractivity contribution in [3.63, 3.8) is 0 Å². The molecule has 0 bridgehead atoms. The Labute approximate surface area is 140 Å². The molecule has 5 nitrogen and oxygen atoms in total. The molecule has 6 heteroatoms. The van der Waals surface area contributed by atoms with E-state index in [0.29, 0.717) is 17.8 Å². The van der Waals surface area contributed by atoms with Crippen LogP contribution in [0.5, 0.6) is 5.19 Å². The third-order valence-electron chi connectivity index (χ3n) is 4.20. The van der Waals surface area contributed by atoms with Crippen LogP contribution in [-0.4, -0.2) is 40.0 Å². The molecule has 1 N–H and O–H groups in total. The normalized spacial score (nSPS) is 16.7. The molecule has 0 spiro atoms. The van der Waals surface area contributed by atoms with E-state index in [2.05, 4.69) is 39.4 Å². The minimum atomic E-state index is 0.213. The lowest BCUT2D eigenvalue weighted by atomic mass is 10.1. The van der Waals surface area contributed by atoms with Gasteiger partial charge in [0.05, 0.1) is 13.2 Å². The van der Waals surface area contributed by atoms with Gasteiger partial charge < -0.3 is 9.84 Å². The van der Waals surface area contributed by atoms with Crippen LogP contribution >= 0.6 is 11.3 Å². The minimum Gasteiger partial charge on any atom is -0.469 e. The summed E-state index contributed by atoms with van der Waals surface area (Å²) >= 11 is 1.51. The van der Waals surface area contributed by atoms with Gasteiger partial charge in [0.2, 0.25) is 0 Å². The first-order chi connectivity index (χ1) is 11.3. The van der Waals surface area contributed by atoms with Crippen molar-refractivity contribution in [1.82, 2.24) is 15.1 Å². The van der Waals surface area contributed by atoms with E-state index in [9.17, 15) is 5.11 Å². The van der Waals surface area contributed by atoms with Crippen molar-refractivity contribution in [2.75, 3.05) is 19.8 Å². The fourth-order valence-corrected chi connectivity index (χ4v) is 3.96. The number of hydrogen-bond acceptors (Lipinski definition) is 6. The summed E-state index contributed by atoms with van der Waals surface area (Å²) in [5.41, 5.74) is 2.86. The molecule has 0 unspecified atom stereocenters. The number of aryl methyl sites for hydroxylation is 1. The Morgan fingerprint density at radius 2 is 2.22 bits per heavy atom. The summed E-state index contributed by atoms with van der Waals surface area (Å²) in [6, 6.07) is 9.07. The van der Waals surface area contributed by atoms with Crippen LogP contribution in [0.1, 0.15) is 41.9 Å². The van der Waals surface area contributed by atoms with E-state index in [1.165, 1.54) is 22.5 Å². The van der Waals surface area contributed by atoms with Crippen LogP contribution in [0.3, 0.4) is 0 Å². The second-order valence-corrected chi connectivity index (χ2v) is 6.72. The van der Waals surface area contributed by atoms with Gasteiger partial charge >= 0.3 is 0 Å². The van der Waals surface area contributed by atoms with Crippen LogP contribution in [0.2, 0.25) is 0 Å². The summed E-state index contributed by atoms with van der Waals surface area (Å²) < 4.78 is 5.42. The topological polar surface area (TPSA) is 58.5 Å². The van der Waals surface area contributed by atoms with E-state index in [1.807, 2.05) is 6.92 Å². The van der Waals surface area contributed by atoms with Gasteiger partial charge in [-0.1, -0.05) is 35.6 Å². The van der Waals surface area contributed by atoms with Gasteiger partial charge in [-0.3, -0.25) is 4.90 Å². The molecular formula is C17H23N3O2S. The van der Waals surface area contributed by atoms with Crippen molar-refractivity contribution in [2.24, 2.45) is 0 Å². The monoisotopic (exact) mass is 333 g/mol. The summed E-state index contributed by atoms with van der Waals surface area (Å²) in [5.74, 6) is 0. The van der Waals surface area contributed by atoms with Gasteiger partial charge in [-0.25, -0.2) is 0 Å². The van der Waals surface area contributed by atoms with Gasteiger partial charge in [0, 0.05) is 19.2 Å². The molecule has 124 valence electrons. The molecule has 1 aromatic heterocycles. The fraction of sp³-hybridized carbons (Fsp3) is 0.529.